The third kappa shape index (κ3) is 8.38. The Morgan fingerprint density at radius 1 is 1.25 bits per heavy atom. The number of amides is 2. The summed E-state index contributed by atoms with van der Waals surface area (Å²) in [6.07, 6.45) is -0.900. The van der Waals surface area contributed by atoms with E-state index in [0.717, 1.165) is 0 Å². The number of nitrogens with zero attached hydrogens (tertiary/aromatic N) is 1. The summed E-state index contributed by atoms with van der Waals surface area (Å²) < 4.78 is 4.95. The van der Waals surface area contributed by atoms with E-state index in [4.69, 9.17) is 33.7 Å². The lowest BCUT2D eigenvalue weighted by Gasteiger charge is -2.17. The number of halogens is 3. The van der Waals surface area contributed by atoms with E-state index in [-0.39, 0.29) is 36.8 Å². The highest BCUT2D eigenvalue weighted by Crippen LogP contribution is 2.24. The third-order valence-electron chi connectivity index (χ3n) is 2.50. The Bertz CT molecular complexity index is 608. The van der Waals surface area contributed by atoms with Gasteiger partial charge in [0, 0.05) is 10.0 Å². The number of hydrogen-bond acceptors (Lipinski definition) is 3. The molecule has 0 atom stereocenters. The third-order valence-corrected chi connectivity index (χ3v) is 3.21. The van der Waals surface area contributed by atoms with E-state index >= 15 is 0 Å². The molecule has 0 aromatic heterocycles. The lowest BCUT2D eigenvalue weighted by molar-refractivity contribution is -0.117. The normalized spacial score (nSPS) is 11.5. The number of nitrogens with two attached hydrogens (primary N) is 1. The van der Waals surface area contributed by atoms with Gasteiger partial charge in [-0.1, -0.05) is 50.0 Å². The summed E-state index contributed by atoms with van der Waals surface area (Å²) in [6, 6.07) is 4.90. The fraction of sp³-hybridized carbons (Fsp3) is 0.400. The Morgan fingerprint density at radius 2 is 1.79 bits per heavy atom. The summed E-state index contributed by atoms with van der Waals surface area (Å²) in [7, 11) is 0. The molecule has 2 amide bonds. The highest BCUT2D eigenvalue weighted by atomic mass is 35.5. The molecule has 0 radical (unpaired) electrons. The van der Waals surface area contributed by atoms with Crippen LogP contribution in [0.1, 0.15) is 26.3 Å². The molecule has 0 aliphatic heterocycles. The van der Waals surface area contributed by atoms with Crippen LogP contribution in [0.4, 0.5) is 4.79 Å². The number of hydrogen-bond donors (Lipinski definition) is 2. The van der Waals surface area contributed by atoms with Gasteiger partial charge in [0.05, 0.1) is 13.0 Å². The van der Waals surface area contributed by atoms with Crippen molar-refractivity contribution in [3.05, 3.63) is 33.8 Å². The molecule has 1 aromatic carbocycles. The maximum absolute atomic E-state index is 11.8. The number of alkyl carbamates (subject to hydrolysis) is 1. The van der Waals surface area contributed by atoms with Crippen molar-refractivity contribution in [2.45, 2.75) is 27.2 Å². The number of benzene rings is 1. The van der Waals surface area contributed by atoms with Crippen molar-refractivity contribution in [2.75, 3.05) is 6.61 Å². The maximum Gasteiger partial charge on any atom is 0.413 e. The van der Waals surface area contributed by atoms with Gasteiger partial charge in [-0.25, -0.2) is 4.79 Å². The summed E-state index contributed by atoms with van der Waals surface area (Å²) in [6.45, 7) is 5.94. The Hall–Kier alpha value is -1.50. The van der Waals surface area contributed by atoms with Crippen LogP contribution >= 0.6 is 35.6 Å². The van der Waals surface area contributed by atoms with Gasteiger partial charge in [0.25, 0.3) is 5.91 Å². The molecule has 0 saturated heterocycles. The van der Waals surface area contributed by atoms with Gasteiger partial charge >= 0.3 is 6.09 Å². The SMILES string of the molecule is CC(C)(C)COC(=O)NC(N)=NC(=O)Cc1c(Cl)cccc1Cl.Cl. The summed E-state index contributed by atoms with van der Waals surface area (Å²) in [5, 5.41) is 2.90. The van der Waals surface area contributed by atoms with Crippen LogP contribution < -0.4 is 11.1 Å². The predicted molar refractivity (Wildman–Crippen MR) is 98.0 cm³/mol. The standard InChI is InChI=1S/C15H19Cl2N3O3.ClH/c1-15(2,3)8-23-14(22)20-13(18)19-12(21)7-9-10(16)5-4-6-11(9)17;/h4-6H,7-8H2,1-3H3,(H3,18,19,20,21,22);1H. The fourth-order valence-corrected chi connectivity index (χ4v) is 2.01. The van der Waals surface area contributed by atoms with Crippen molar-refractivity contribution < 1.29 is 14.3 Å². The highest BCUT2D eigenvalue weighted by Gasteiger charge is 2.15. The van der Waals surface area contributed by atoms with E-state index in [2.05, 4.69) is 10.3 Å². The van der Waals surface area contributed by atoms with Gasteiger partial charge in [0.2, 0.25) is 5.96 Å². The average molecular weight is 397 g/mol. The largest absolute Gasteiger partial charge is 0.449 e. The molecule has 0 bridgehead atoms. The minimum absolute atomic E-state index is 0. The minimum Gasteiger partial charge on any atom is -0.449 e. The zero-order chi connectivity index (χ0) is 17.6. The summed E-state index contributed by atoms with van der Waals surface area (Å²) in [5.41, 5.74) is 5.77. The minimum atomic E-state index is -0.773. The van der Waals surface area contributed by atoms with Gasteiger partial charge in [-0.15, -0.1) is 12.4 Å². The number of carbonyl (C=O) groups is 2. The van der Waals surface area contributed by atoms with E-state index < -0.39 is 12.0 Å². The maximum atomic E-state index is 11.8. The monoisotopic (exact) mass is 395 g/mol. The first-order valence-electron chi connectivity index (χ1n) is 6.82. The summed E-state index contributed by atoms with van der Waals surface area (Å²) >= 11 is 11.9. The zero-order valence-corrected chi connectivity index (χ0v) is 15.9. The molecule has 0 unspecified atom stereocenters. The van der Waals surface area contributed by atoms with E-state index in [1.165, 1.54) is 0 Å². The molecule has 1 rings (SSSR count). The zero-order valence-electron chi connectivity index (χ0n) is 13.6. The van der Waals surface area contributed by atoms with E-state index in [9.17, 15) is 9.59 Å². The molecule has 0 fully saturated rings. The molecule has 134 valence electrons. The predicted octanol–water partition coefficient (Wildman–Crippen LogP) is 3.57. The summed E-state index contributed by atoms with van der Waals surface area (Å²) in [5.74, 6) is -0.939. The van der Waals surface area contributed by atoms with Gasteiger partial charge in [-0.2, -0.15) is 4.99 Å². The second kappa shape index (κ2) is 9.71. The summed E-state index contributed by atoms with van der Waals surface area (Å²) in [4.78, 5) is 26.9. The number of carbonyl (C=O) groups excluding carboxylic acids is 2. The first-order valence-corrected chi connectivity index (χ1v) is 7.58. The molecule has 0 spiro atoms. The number of rotatable bonds is 3. The Labute approximate surface area is 157 Å². The van der Waals surface area contributed by atoms with Gasteiger partial charge < -0.3 is 10.5 Å². The van der Waals surface area contributed by atoms with Crippen molar-refractivity contribution in [3.63, 3.8) is 0 Å². The Balaban J connectivity index is 0.00000529. The van der Waals surface area contributed by atoms with Crippen molar-refractivity contribution in [2.24, 2.45) is 16.1 Å². The van der Waals surface area contributed by atoms with Crippen LogP contribution in [-0.2, 0) is 16.0 Å². The number of nitrogens with one attached hydrogen (secondary N) is 1. The second-order valence-corrected chi connectivity index (χ2v) is 6.84. The van der Waals surface area contributed by atoms with E-state index in [1.807, 2.05) is 20.8 Å². The van der Waals surface area contributed by atoms with Crippen molar-refractivity contribution >= 4 is 53.6 Å². The molecule has 0 saturated carbocycles. The van der Waals surface area contributed by atoms with Crippen LogP contribution in [0.5, 0.6) is 0 Å². The number of guanidine groups is 1. The second-order valence-electron chi connectivity index (χ2n) is 6.03. The lowest BCUT2D eigenvalue weighted by Crippen LogP contribution is -2.39. The molecule has 6 nitrogen and oxygen atoms in total. The van der Waals surface area contributed by atoms with Crippen molar-refractivity contribution in [1.29, 1.82) is 0 Å². The van der Waals surface area contributed by atoms with Crippen LogP contribution in [-0.4, -0.2) is 24.6 Å². The molecule has 0 aliphatic carbocycles. The molecule has 1 aromatic rings. The van der Waals surface area contributed by atoms with E-state index in [1.54, 1.807) is 18.2 Å². The topological polar surface area (TPSA) is 93.8 Å². The number of aliphatic imine (C=N–C) groups is 1. The van der Waals surface area contributed by atoms with Gasteiger partial charge in [0.15, 0.2) is 0 Å². The first kappa shape index (κ1) is 22.5. The number of ether oxygens (including phenoxy) is 1. The van der Waals surface area contributed by atoms with Gasteiger partial charge in [0.1, 0.15) is 0 Å². The Morgan fingerprint density at radius 3 is 2.29 bits per heavy atom. The van der Waals surface area contributed by atoms with Crippen molar-refractivity contribution in [1.82, 2.24) is 5.32 Å². The average Bonchev–Trinajstić information content (AvgIpc) is 2.40. The lowest BCUT2D eigenvalue weighted by atomic mass is 9.99. The molecule has 9 heteroatoms. The molecule has 0 heterocycles. The van der Waals surface area contributed by atoms with Crippen molar-refractivity contribution in [3.8, 4) is 0 Å². The van der Waals surface area contributed by atoms with Crippen LogP contribution in [0, 0.1) is 5.41 Å². The first-order chi connectivity index (χ1) is 10.6. The Kier molecular flexibility index (Phi) is 9.11. The molecule has 24 heavy (non-hydrogen) atoms. The van der Waals surface area contributed by atoms with Gasteiger partial charge in [-0.3, -0.25) is 10.1 Å². The molecular weight excluding hydrogens is 377 g/mol. The van der Waals surface area contributed by atoms with Crippen LogP contribution in [0.2, 0.25) is 10.0 Å². The fourth-order valence-electron chi connectivity index (χ4n) is 1.48. The molecular formula is C15H20Cl3N3O3. The van der Waals surface area contributed by atoms with E-state index in [0.29, 0.717) is 15.6 Å². The smallest absolute Gasteiger partial charge is 0.413 e. The van der Waals surface area contributed by atoms with Crippen LogP contribution in [0.3, 0.4) is 0 Å². The molecule has 3 N–H and O–H groups in total. The van der Waals surface area contributed by atoms with Gasteiger partial charge in [-0.05, 0) is 23.1 Å². The quantitative estimate of drug-likeness (QED) is 0.603. The molecule has 0 aliphatic rings. The van der Waals surface area contributed by atoms with Crippen LogP contribution in [0.15, 0.2) is 23.2 Å². The highest BCUT2D eigenvalue weighted by molar-refractivity contribution is 6.36. The van der Waals surface area contributed by atoms with Crippen LogP contribution in [0.25, 0.3) is 0 Å².